The maximum Gasteiger partial charge on any atom is 0.231 e. The van der Waals surface area contributed by atoms with Crippen molar-refractivity contribution in [1.29, 1.82) is 0 Å². The molecule has 3 aromatic rings. The van der Waals surface area contributed by atoms with Crippen molar-refractivity contribution < 1.29 is 9.47 Å². The molecule has 2 aromatic carbocycles. The first-order valence-corrected chi connectivity index (χ1v) is 7.90. The van der Waals surface area contributed by atoms with E-state index in [1.807, 2.05) is 30.3 Å². The first-order valence-electron chi connectivity index (χ1n) is 6.82. The van der Waals surface area contributed by atoms with Gasteiger partial charge < -0.3 is 14.8 Å². The van der Waals surface area contributed by atoms with Gasteiger partial charge in [0.15, 0.2) is 11.5 Å². The molecule has 1 aromatic heterocycles. The second-order valence-electron chi connectivity index (χ2n) is 4.92. The molecule has 0 fully saturated rings. The Morgan fingerprint density at radius 1 is 1.05 bits per heavy atom. The number of nitrogens with zero attached hydrogens (tertiary/aromatic N) is 2. The van der Waals surface area contributed by atoms with E-state index in [1.165, 1.54) is 0 Å². The Balaban J connectivity index is 1.60. The van der Waals surface area contributed by atoms with E-state index in [0.717, 1.165) is 37.4 Å². The molecule has 2 heterocycles. The van der Waals surface area contributed by atoms with E-state index >= 15 is 0 Å². The quantitative estimate of drug-likeness (QED) is 0.676. The Morgan fingerprint density at radius 3 is 2.91 bits per heavy atom. The Morgan fingerprint density at radius 2 is 1.95 bits per heavy atom. The summed E-state index contributed by atoms with van der Waals surface area (Å²) in [5, 5.41) is 4.39. The number of hydrogen-bond donors (Lipinski definition) is 1. The zero-order chi connectivity index (χ0) is 14.9. The lowest BCUT2D eigenvalue weighted by atomic mass is 10.2. The van der Waals surface area contributed by atoms with Crippen LogP contribution in [-0.2, 0) is 6.54 Å². The third kappa shape index (κ3) is 2.54. The number of halogens is 1. The lowest BCUT2D eigenvalue weighted by molar-refractivity contribution is 0.174. The van der Waals surface area contributed by atoms with Crippen molar-refractivity contribution in [1.82, 2.24) is 9.97 Å². The van der Waals surface area contributed by atoms with Gasteiger partial charge in [0.05, 0.1) is 5.52 Å². The number of anilines is 1. The summed E-state index contributed by atoms with van der Waals surface area (Å²) in [5.41, 5.74) is 2.05. The molecule has 0 unspecified atom stereocenters. The zero-order valence-electron chi connectivity index (χ0n) is 11.5. The van der Waals surface area contributed by atoms with Crippen LogP contribution in [0.1, 0.15) is 5.56 Å². The molecule has 0 saturated carbocycles. The second-order valence-corrected chi connectivity index (χ2v) is 6.17. The van der Waals surface area contributed by atoms with Crippen molar-refractivity contribution in [2.75, 3.05) is 12.1 Å². The van der Waals surface area contributed by atoms with E-state index in [0.29, 0.717) is 13.3 Å². The molecule has 0 bridgehead atoms. The van der Waals surface area contributed by atoms with Crippen LogP contribution in [0.4, 0.5) is 5.82 Å². The molecule has 1 N–H and O–H groups in total. The van der Waals surface area contributed by atoms with Gasteiger partial charge in [-0.25, -0.2) is 9.97 Å². The molecule has 0 radical (unpaired) electrons. The maximum atomic E-state index is 5.40. The smallest absolute Gasteiger partial charge is 0.231 e. The van der Waals surface area contributed by atoms with Gasteiger partial charge in [-0.15, -0.1) is 0 Å². The monoisotopic (exact) mass is 405 g/mol. The molecule has 6 heteroatoms. The molecule has 1 aliphatic rings. The molecule has 4 rings (SSSR count). The lowest BCUT2D eigenvalue weighted by Crippen LogP contribution is -2.02. The minimum atomic E-state index is 0.293. The van der Waals surface area contributed by atoms with Crippen molar-refractivity contribution in [3.05, 3.63) is 51.9 Å². The molecule has 0 saturated heterocycles. The molecule has 110 valence electrons. The van der Waals surface area contributed by atoms with Crippen LogP contribution in [0.5, 0.6) is 11.5 Å². The van der Waals surface area contributed by atoms with Crippen LogP contribution in [-0.4, -0.2) is 16.8 Å². The average molecular weight is 405 g/mol. The molecule has 5 nitrogen and oxygen atoms in total. The van der Waals surface area contributed by atoms with Crippen molar-refractivity contribution in [2.45, 2.75) is 6.54 Å². The summed E-state index contributed by atoms with van der Waals surface area (Å²) in [7, 11) is 0. The third-order valence-corrected chi connectivity index (χ3v) is 4.17. The second kappa shape index (κ2) is 5.60. The van der Waals surface area contributed by atoms with E-state index in [4.69, 9.17) is 9.47 Å². The minimum Gasteiger partial charge on any atom is -0.454 e. The standard InChI is InChI=1S/C16H12IN3O2/c17-11-2-3-13-12(6-11)16(20-8-19-13)18-7-10-1-4-14-15(5-10)22-9-21-14/h1-6,8H,7,9H2,(H,18,19,20). The molecular formula is C16H12IN3O2. The van der Waals surface area contributed by atoms with E-state index < -0.39 is 0 Å². The van der Waals surface area contributed by atoms with Gasteiger partial charge in [0, 0.05) is 15.5 Å². The van der Waals surface area contributed by atoms with E-state index in [9.17, 15) is 0 Å². The van der Waals surface area contributed by atoms with Crippen LogP contribution in [0.3, 0.4) is 0 Å². The number of benzene rings is 2. The third-order valence-electron chi connectivity index (χ3n) is 3.49. The average Bonchev–Trinajstić information content (AvgIpc) is 3.00. The summed E-state index contributed by atoms with van der Waals surface area (Å²) in [6, 6.07) is 12.1. The van der Waals surface area contributed by atoms with Crippen LogP contribution >= 0.6 is 22.6 Å². The van der Waals surface area contributed by atoms with Gasteiger partial charge in [0.25, 0.3) is 0 Å². The van der Waals surface area contributed by atoms with Crippen LogP contribution in [0.2, 0.25) is 0 Å². The largest absolute Gasteiger partial charge is 0.454 e. The number of aromatic nitrogens is 2. The van der Waals surface area contributed by atoms with Crippen molar-refractivity contribution >= 4 is 39.3 Å². The number of rotatable bonds is 3. The van der Waals surface area contributed by atoms with Gasteiger partial charge >= 0.3 is 0 Å². The van der Waals surface area contributed by atoms with Crippen molar-refractivity contribution in [2.24, 2.45) is 0 Å². The Kier molecular flexibility index (Phi) is 3.45. The van der Waals surface area contributed by atoms with Gasteiger partial charge in [0.1, 0.15) is 12.1 Å². The first-order chi connectivity index (χ1) is 10.8. The number of hydrogen-bond acceptors (Lipinski definition) is 5. The molecule has 0 aliphatic carbocycles. The molecule has 1 aliphatic heterocycles. The topological polar surface area (TPSA) is 56.3 Å². The summed E-state index contributed by atoms with van der Waals surface area (Å²) in [6.07, 6.45) is 1.58. The van der Waals surface area contributed by atoms with E-state index in [2.05, 4.69) is 43.9 Å². The summed E-state index contributed by atoms with van der Waals surface area (Å²) in [5.74, 6) is 2.42. The summed E-state index contributed by atoms with van der Waals surface area (Å²) in [6.45, 7) is 0.954. The highest BCUT2D eigenvalue weighted by Crippen LogP contribution is 2.32. The highest BCUT2D eigenvalue weighted by Gasteiger charge is 2.13. The van der Waals surface area contributed by atoms with Gasteiger partial charge in [-0.05, 0) is 58.5 Å². The van der Waals surface area contributed by atoms with Crippen LogP contribution in [0.25, 0.3) is 10.9 Å². The van der Waals surface area contributed by atoms with Gasteiger partial charge in [-0.2, -0.15) is 0 Å². The van der Waals surface area contributed by atoms with E-state index in [-0.39, 0.29) is 0 Å². The van der Waals surface area contributed by atoms with Gasteiger partial charge in [-0.3, -0.25) is 0 Å². The normalized spacial score (nSPS) is 12.6. The highest BCUT2D eigenvalue weighted by atomic mass is 127. The zero-order valence-corrected chi connectivity index (χ0v) is 13.7. The predicted molar refractivity (Wildman–Crippen MR) is 92.1 cm³/mol. The van der Waals surface area contributed by atoms with Gasteiger partial charge in [-0.1, -0.05) is 6.07 Å². The van der Waals surface area contributed by atoms with Gasteiger partial charge in [0.2, 0.25) is 6.79 Å². The number of fused-ring (bicyclic) bond motifs is 2. The highest BCUT2D eigenvalue weighted by molar-refractivity contribution is 14.1. The Hall–Kier alpha value is -2.09. The van der Waals surface area contributed by atoms with Crippen molar-refractivity contribution in [3.63, 3.8) is 0 Å². The fourth-order valence-electron chi connectivity index (χ4n) is 2.41. The minimum absolute atomic E-state index is 0.293. The maximum absolute atomic E-state index is 5.40. The van der Waals surface area contributed by atoms with Crippen LogP contribution < -0.4 is 14.8 Å². The van der Waals surface area contributed by atoms with Crippen molar-refractivity contribution in [3.8, 4) is 11.5 Å². The fourth-order valence-corrected chi connectivity index (χ4v) is 2.90. The summed E-state index contributed by atoms with van der Waals surface area (Å²) in [4.78, 5) is 8.65. The number of ether oxygens (including phenoxy) is 2. The molecule has 0 spiro atoms. The SMILES string of the molecule is Ic1ccc2ncnc(NCc3ccc4c(c3)OCO4)c2c1. The fraction of sp³-hybridized carbons (Fsp3) is 0.125. The van der Waals surface area contributed by atoms with Crippen LogP contribution in [0.15, 0.2) is 42.7 Å². The predicted octanol–water partition coefficient (Wildman–Crippen LogP) is 3.58. The molecule has 22 heavy (non-hydrogen) atoms. The molecule has 0 atom stereocenters. The van der Waals surface area contributed by atoms with E-state index in [1.54, 1.807) is 6.33 Å². The Bertz CT molecular complexity index is 854. The van der Waals surface area contributed by atoms with Crippen LogP contribution in [0, 0.1) is 3.57 Å². The first kappa shape index (κ1) is 13.6. The Labute approximate surface area is 140 Å². The summed E-state index contributed by atoms with van der Waals surface area (Å²) >= 11 is 2.29. The lowest BCUT2D eigenvalue weighted by Gasteiger charge is -2.09. The number of nitrogens with one attached hydrogen (secondary N) is 1. The molecular weight excluding hydrogens is 393 g/mol. The molecule has 0 amide bonds. The summed E-state index contributed by atoms with van der Waals surface area (Å²) < 4.78 is 11.9.